The fourth-order valence-electron chi connectivity index (χ4n) is 0.847. The summed E-state index contributed by atoms with van der Waals surface area (Å²) in [5.74, 6) is -2.91. The van der Waals surface area contributed by atoms with Crippen LogP contribution in [0.5, 0.6) is 0 Å². The quantitative estimate of drug-likeness (QED) is 0.311. The first kappa shape index (κ1) is 15.8. The van der Waals surface area contributed by atoms with Gasteiger partial charge >= 0.3 is 5.97 Å². The zero-order chi connectivity index (χ0) is 14.0. The molecule has 0 bridgehead atoms. The lowest BCUT2D eigenvalue weighted by Crippen LogP contribution is -2.43. The average molecular weight is 261 g/mol. The normalized spacial score (nSPS) is 9.39. The number of carbonyl (C=O) groups excluding carboxylic acids is 3. The van der Waals surface area contributed by atoms with E-state index in [1.54, 1.807) is 0 Å². The molecule has 102 valence electrons. The van der Waals surface area contributed by atoms with Gasteiger partial charge in [-0.1, -0.05) is 0 Å². The van der Waals surface area contributed by atoms with Crippen molar-refractivity contribution in [3.8, 4) is 0 Å². The Morgan fingerprint density at radius 1 is 0.778 bits per heavy atom. The first-order valence-electron chi connectivity index (χ1n) is 5.08. The molecule has 9 nitrogen and oxygen atoms in total. The molecular weight excluding hydrogens is 246 g/mol. The van der Waals surface area contributed by atoms with Gasteiger partial charge in [0.05, 0.1) is 19.7 Å². The summed E-state index contributed by atoms with van der Waals surface area (Å²) < 4.78 is 0. The van der Waals surface area contributed by atoms with Crippen LogP contribution in [-0.4, -0.2) is 60.1 Å². The second-order valence-corrected chi connectivity index (χ2v) is 3.20. The summed E-state index contributed by atoms with van der Waals surface area (Å²) in [6, 6.07) is 0. The molecule has 0 atom stereocenters. The van der Waals surface area contributed by atoms with Crippen molar-refractivity contribution < 1.29 is 29.4 Å². The van der Waals surface area contributed by atoms with E-state index in [0.717, 1.165) is 0 Å². The highest BCUT2D eigenvalue weighted by Gasteiger charge is 2.07. The second-order valence-electron chi connectivity index (χ2n) is 3.20. The molecule has 0 saturated heterocycles. The molecule has 0 aliphatic carbocycles. The molecule has 0 aromatic rings. The summed E-state index contributed by atoms with van der Waals surface area (Å²) in [7, 11) is 0. The molecule has 0 saturated carbocycles. The number of carboxylic acid groups (broad SMARTS) is 1. The Morgan fingerprint density at radius 3 is 1.67 bits per heavy atom. The molecule has 0 heterocycles. The van der Waals surface area contributed by atoms with Crippen molar-refractivity contribution in [1.29, 1.82) is 0 Å². The van der Waals surface area contributed by atoms with Crippen LogP contribution in [0.2, 0.25) is 0 Å². The zero-order valence-electron chi connectivity index (χ0n) is 9.56. The molecule has 0 aromatic carbocycles. The third-order valence-electron chi connectivity index (χ3n) is 1.67. The monoisotopic (exact) mass is 261 g/mol. The van der Waals surface area contributed by atoms with Gasteiger partial charge in [-0.3, -0.25) is 19.2 Å². The fraction of sp³-hybridized carbons (Fsp3) is 0.556. The summed E-state index contributed by atoms with van der Waals surface area (Å²) in [6.45, 7) is -1.53. The molecule has 0 radical (unpaired) electrons. The molecule has 5 N–H and O–H groups in total. The van der Waals surface area contributed by atoms with Gasteiger partial charge in [0, 0.05) is 6.42 Å². The van der Waals surface area contributed by atoms with Gasteiger partial charge in [0.15, 0.2) is 0 Å². The van der Waals surface area contributed by atoms with Crippen LogP contribution in [0.3, 0.4) is 0 Å². The van der Waals surface area contributed by atoms with Crippen LogP contribution in [0.15, 0.2) is 0 Å². The third-order valence-corrected chi connectivity index (χ3v) is 1.67. The van der Waals surface area contributed by atoms with Gasteiger partial charge in [-0.15, -0.1) is 0 Å². The van der Waals surface area contributed by atoms with Crippen molar-refractivity contribution in [2.24, 2.45) is 0 Å². The van der Waals surface area contributed by atoms with Crippen LogP contribution in [0.1, 0.15) is 6.42 Å². The zero-order valence-corrected chi connectivity index (χ0v) is 9.56. The van der Waals surface area contributed by atoms with Crippen LogP contribution < -0.4 is 16.0 Å². The molecule has 0 fully saturated rings. The molecule has 0 aliphatic rings. The third kappa shape index (κ3) is 9.09. The van der Waals surface area contributed by atoms with Crippen LogP contribution in [-0.2, 0) is 19.2 Å². The number of aliphatic hydroxyl groups excluding tert-OH is 1. The maximum Gasteiger partial charge on any atom is 0.322 e. The Labute approximate surface area is 103 Å². The maximum atomic E-state index is 11.1. The minimum Gasteiger partial charge on any atom is -0.480 e. The molecular formula is C9H15N3O6. The average Bonchev–Trinajstić information content (AvgIpc) is 2.31. The van der Waals surface area contributed by atoms with E-state index >= 15 is 0 Å². The molecule has 0 rings (SSSR count). The van der Waals surface area contributed by atoms with E-state index in [9.17, 15) is 19.2 Å². The molecule has 0 aromatic heterocycles. The maximum absolute atomic E-state index is 11.1. The SMILES string of the molecule is O=C(O)CNC(=O)CNC(=O)CNC(=O)CCO. The van der Waals surface area contributed by atoms with E-state index in [2.05, 4.69) is 10.6 Å². The Balaban J connectivity index is 3.67. The highest BCUT2D eigenvalue weighted by atomic mass is 16.4. The smallest absolute Gasteiger partial charge is 0.322 e. The van der Waals surface area contributed by atoms with E-state index in [1.165, 1.54) is 0 Å². The van der Waals surface area contributed by atoms with E-state index in [0.29, 0.717) is 0 Å². The van der Waals surface area contributed by atoms with Gasteiger partial charge in [0.25, 0.3) is 0 Å². The number of hydrogen-bond donors (Lipinski definition) is 5. The van der Waals surface area contributed by atoms with Crippen molar-refractivity contribution in [1.82, 2.24) is 16.0 Å². The number of aliphatic hydroxyl groups is 1. The first-order valence-corrected chi connectivity index (χ1v) is 5.08. The molecule has 9 heteroatoms. The molecule has 18 heavy (non-hydrogen) atoms. The minimum absolute atomic E-state index is 0.105. The Bertz CT molecular complexity index is 330. The number of amides is 3. The Kier molecular flexibility index (Phi) is 7.86. The van der Waals surface area contributed by atoms with Crippen LogP contribution in [0, 0.1) is 0 Å². The van der Waals surface area contributed by atoms with Gasteiger partial charge in [-0.25, -0.2) is 0 Å². The standard InChI is InChI=1S/C9H15N3O6/c13-2-1-6(14)10-3-7(15)11-4-8(16)12-5-9(17)18/h13H,1-5H2,(H,10,14)(H,11,15)(H,12,16)(H,17,18). The van der Waals surface area contributed by atoms with Crippen LogP contribution >= 0.6 is 0 Å². The lowest BCUT2D eigenvalue weighted by atomic mass is 10.4. The number of carbonyl (C=O) groups is 4. The summed E-state index contributed by atoms with van der Waals surface area (Å²) in [5.41, 5.74) is 0. The molecule has 3 amide bonds. The van der Waals surface area contributed by atoms with Gasteiger partial charge in [0.1, 0.15) is 6.54 Å². The van der Waals surface area contributed by atoms with Gasteiger partial charge < -0.3 is 26.2 Å². The number of nitrogens with one attached hydrogen (secondary N) is 3. The second kappa shape index (κ2) is 8.93. The Morgan fingerprint density at radius 2 is 1.22 bits per heavy atom. The largest absolute Gasteiger partial charge is 0.480 e. The number of rotatable bonds is 8. The molecule has 0 spiro atoms. The topological polar surface area (TPSA) is 145 Å². The van der Waals surface area contributed by atoms with Crippen molar-refractivity contribution in [3.05, 3.63) is 0 Å². The van der Waals surface area contributed by atoms with Crippen molar-refractivity contribution >= 4 is 23.7 Å². The van der Waals surface area contributed by atoms with Crippen molar-refractivity contribution in [2.45, 2.75) is 6.42 Å². The van der Waals surface area contributed by atoms with Gasteiger partial charge in [0.2, 0.25) is 17.7 Å². The van der Waals surface area contributed by atoms with Gasteiger partial charge in [-0.2, -0.15) is 0 Å². The van der Waals surface area contributed by atoms with Crippen molar-refractivity contribution in [2.75, 3.05) is 26.2 Å². The highest BCUT2D eigenvalue weighted by Crippen LogP contribution is 1.75. The number of aliphatic carboxylic acids is 1. The van der Waals surface area contributed by atoms with Gasteiger partial charge in [-0.05, 0) is 0 Å². The van der Waals surface area contributed by atoms with E-state index in [4.69, 9.17) is 10.2 Å². The first-order chi connectivity index (χ1) is 8.45. The number of carboxylic acids is 1. The molecule has 0 aliphatic heterocycles. The van der Waals surface area contributed by atoms with Crippen LogP contribution in [0.4, 0.5) is 0 Å². The summed E-state index contributed by atoms with van der Waals surface area (Å²) in [5, 5.41) is 23.1. The van der Waals surface area contributed by atoms with E-state index < -0.39 is 30.2 Å². The molecule has 0 unspecified atom stereocenters. The summed E-state index contributed by atoms with van der Waals surface area (Å²) in [6.07, 6.45) is -0.105. The van der Waals surface area contributed by atoms with E-state index in [1.807, 2.05) is 5.32 Å². The van der Waals surface area contributed by atoms with E-state index in [-0.39, 0.29) is 26.1 Å². The minimum atomic E-state index is -1.19. The summed E-state index contributed by atoms with van der Waals surface area (Å²) in [4.78, 5) is 43.1. The lowest BCUT2D eigenvalue weighted by molar-refractivity contribution is -0.137. The predicted molar refractivity (Wildman–Crippen MR) is 58.4 cm³/mol. The van der Waals surface area contributed by atoms with Crippen molar-refractivity contribution in [3.63, 3.8) is 0 Å². The fourth-order valence-corrected chi connectivity index (χ4v) is 0.847. The van der Waals surface area contributed by atoms with Crippen LogP contribution in [0.25, 0.3) is 0 Å². The number of hydrogen-bond acceptors (Lipinski definition) is 5. The Hall–Kier alpha value is -2.16. The highest BCUT2D eigenvalue weighted by molar-refractivity contribution is 5.89. The predicted octanol–water partition coefficient (Wildman–Crippen LogP) is -3.20. The summed E-state index contributed by atoms with van der Waals surface area (Å²) >= 11 is 0. The lowest BCUT2D eigenvalue weighted by Gasteiger charge is -2.06.